The van der Waals surface area contributed by atoms with Crippen molar-refractivity contribution >= 4 is 34.8 Å². The molecule has 1 amide bonds. The highest BCUT2D eigenvalue weighted by Crippen LogP contribution is 2.26. The van der Waals surface area contributed by atoms with Crippen LogP contribution in [0, 0.1) is 0 Å². The van der Waals surface area contributed by atoms with E-state index in [4.69, 9.17) is 8.83 Å². The summed E-state index contributed by atoms with van der Waals surface area (Å²) in [6.07, 6.45) is 0. The number of carbonyl (C=O) groups excluding carboxylic acids is 1. The lowest BCUT2D eigenvalue weighted by atomic mass is 10.2. The normalized spacial score (nSPS) is 11.2. The van der Waals surface area contributed by atoms with Gasteiger partial charge in [-0.2, -0.15) is 0 Å². The molecule has 0 saturated heterocycles. The van der Waals surface area contributed by atoms with Gasteiger partial charge in [-0.25, -0.2) is 4.98 Å². The Hall–Kier alpha value is -3.13. The molecule has 0 aliphatic rings. The van der Waals surface area contributed by atoms with Gasteiger partial charge >= 0.3 is 11.9 Å². The first-order chi connectivity index (χ1) is 13.1. The molecule has 0 radical (unpaired) electrons. The van der Waals surface area contributed by atoms with Crippen molar-refractivity contribution in [3.05, 3.63) is 54.4 Å². The monoisotopic (exact) mass is 380 g/mol. The third-order valence-corrected chi connectivity index (χ3v) is 4.62. The second kappa shape index (κ2) is 7.24. The molecule has 0 aliphatic heterocycles. The summed E-state index contributed by atoms with van der Waals surface area (Å²) < 4.78 is 10.9. The maximum absolute atomic E-state index is 12.3. The van der Waals surface area contributed by atoms with Crippen LogP contribution >= 0.6 is 11.8 Å². The number of hydrogen-bond acceptors (Lipinski definition) is 7. The number of para-hydroxylation sites is 2. The number of nitrogens with one attached hydrogen (secondary N) is 1. The molecule has 8 heteroatoms. The summed E-state index contributed by atoms with van der Waals surface area (Å²) in [6, 6.07) is 14.9. The first-order valence-corrected chi connectivity index (χ1v) is 9.24. The molecule has 0 spiro atoms. The van der Waals surface area contributed by atoms with Gasteiger partial charge in [-0.05, 0) is 36.4 Å². The van der Waals surface area contributed by atoms with Gasteiger partial charge in [0, 0.05) is 15.7 Å². The van der Waals surface area contributed by atoms with Crippen LogP contribution in [-0.2, 0) is 0 Å². The molecule has 136 valence electrons. The zero-order chi connectivity index (χ0) is 18.8. The lowest BCUT2D eigenvalue weighted by Gasteiger charge is -2.04. The number of hydrogen-bond donors (Lipinski definition) is 1. The smallest absolute Gasteiger partial charge is 0.322 e. The summed E-state index contributed by atoms with van der Waals surface area (Å²) in [7, 11) is 0. The summed E-state index contributed by atoms with van der Waals surface area (Å²) in [5.74, 6) is -0.292. The summed E-state index contributed by atoms with van der Waals surface area (Å²) >= 11 is 1.77. The number of oxazole rings is 1. The number of amides is 1. The third kappa shape index (κ3) is 3.85. The van der Waals surface area contributed by atoms with E-state index < -0.39 is 5.91 Å². The number of carbonyl (C=O) groups is 1. The van der Waals surface area contributed by atoms with Crippen LogP contribution in [0.15, 0.2) is 62.3 Å². The van der Waals surface area contributed by atoms with Gasteiger partial charge in [-0.3, -0.25) is 10.1 Å². The van der Waals surface area contributed by atoms with E-state index in [-0.39, 0.29) is 11.9 Å². The largest absolute Gasteiger partial charge is 0.432 e. The van der Waals surface area contributed by atoms with E-state index in [0.29, 0.717) is 22.2 Å². The molecular weight excluding hydrogens is 364 g/mol. The number of fused-ring (bicyclic) bond motifs is 1. The number of nitrogens with zero attached hydrogens (tertiary/aromatic N) is 3. The van der Waals surface area contributed by atoms with Crippen molar-refractivity contribution in [2.24, 2.45) is 0 Å². The van der Waals surface area contributed by atoms with Crippen LogP contribution in [0.2, 0.25) is 0 Å². The fourth-order valence-corrected chi connectivity index (χ4v) is 3.30. The zero-order valence-corrected chi connectivity index (χ0v) is 15.5. The highest BCUT2D eigenvalue weighted by Gasteiger charge is 2.18. The minimum atomic E-state index is -0.551. The quantitative estimate of drug-likeness (QED) is 0.504. The Bertz CT molecular complexity index is 1050. The molecule has 0 fully saturated rings. The van der Waals surface area contributed by atoms with Gasteiger partial charge in [0.1, 0.15) is 5.52 Å². The van der Waals surface area contributed by atoms with Gasteiger partial charge in [0.2, 0.25) is 5.89 Å². The van der Waals surface area contributed by atoms with Crippen molar-refractivity contribution in [3.8, 4) is 11.5 Å². The summed E-state index contributed by atoms with van der Waals surface area (Å²) in [5.41, 5.74) is 1.92. The number of aromatic nitrogens is 3. The highest BCUT2D eigenvalue weighted by atomic mass is 32.2. The molecule has 2 heterocycles. The fraction of sp³-hybridized carbons (Fsp3) is 0.158. The Balaban J connectivity index is 1.48. The summed E-state index contributed by atoms with van der Waals surface area (Å²) in [5, 5.41) is 10.9. The van der Waals surface area contributed by atoms with Gasteiger partial charge in [-0.1, -0.05) is 31.1 Å². The molecule has 0 atom stereocenters. The van der Waals surface area contributed by atoms with Gasteiger partial charge in [-0.15, -0.1) is 16.9 Å². The van der Waals surface area contributed by atoms with Crippen LogP contribution in [0.5, 0.6) is 0 Å². The van der Waals surface area contributed by atoms with Crippen LogP contribution in [0.25, 0.3) is 22.6 Å². The Labute approximate surface area is 159 Å². The first-order valence-electron chi connectivity index (χ1n) is 8.36. The third-order valence-electron chi connectivity index (χ3n) is 3.61. The van der Waals surface area contributed by atoms with Gasteiger partial charge < -0.3 is 8.83 Å². The van der Waals surface area contributed by atoms with E-state index in [2.05, 4.69) is 34.3 Å². The molecule has 4 aromatic rings. The van der Waals surface area contributed by atoms with Crippen molar-refractivity contribution < 1.29 is 13.6 Å². The van der Waals surface area contributed by atoms with Crippen LogP contribution < -0.4 is 5.32 Å². The lowest BCUT2D eigenvalue weighted by Crippen LogP contribution is -2.12. The highest BCUT2D eigenvalue weighted by molar-refractivity contribution is 7.99. The minimum Gasteiger partial charge on any atom is -0.432 e. The predicted molar refractivity (Wildman–Crippen MR) is 103 cm³/mol. The lowest BCUT2D eigenvalue weighted by molar-refractivity contribution is 0.0989. The van der Waals surface area contributed by atoms with Gasteiger partial charge in [0.05, 0.1) is 0 Å². The second-order valence-corrected chi connectivity index (χ2v) is 7.69. The van der Waals surface area contributed by atoms with E-state index >= 15 is 0 Å². The molecule has 0 saturated carbocycles. The molecule has 4 rings (SSSR count). The van der Waals surface area contributed by atoms with Crippen molar-refractivity contribution in [1.29, 1.82) is 0 Å². The second-order valence-electron chi connectivity index (χ2n) is 6.04. The fourth-order valence-electron chi connectivity index (χ4n) is 2.46. The number of thioether (sulfide) groups is 1. The summed E-state index contributed by atoms with van der Waals surface area (Å²) in [6.45, 7) is 4.28. The molecule has 2 aromatic carbocycles. The maximum atomic E-state index is 12.3. The molecule has 0 bridgehead atoms. The first kappa shape index (κ1) is 17.3. The Kier molecular flexibility index (Phi) is 4.64. The van der Waals surface area contributed by atoms with Crippen LogP contribution in [-0.4, -0.2) is 26.3 Å². The van der Waals surface area contributed by atoms with Gasteiger partial charge in [0.25, 0.3) is 5.89 Å². The molecule has 1 N–H and O–H groups in total. The van der Waals surface area contributed by atoms with Crippen molar-refractivity contribution in [2.45, 2.75) is 24.0 Å². The number of anilines is 1. The average Bonchev–Trinajstić information content (AvgIpc) is 3.28. The molecule has 0 unspecified atom stereocenters. The van der Waals surface area contributed by atoms with Crippen LogP contribution in [0.3, 0.4) is 0 Å². The van der Waals surface area contributed by atoms with E-state index in [1.165, 1.54) is 0 Å². The van der Waals surface area contributed by atoms with Crippen LogP contribution in [0.1, 0.15) is 24.5 Å². The maximum Gasteiger partial charge on any atom is 0.322 e. The Morgan fingerprint density at radius 3 is 2.56 bits per heavy atom. The number of benzene rings is 2. The predicted octanol–water partition coefficient (Wildman–Crippen LogP) is 4.63. The molecule has 7 nitrogen and oxygen atoms in total. The molecule has 27 heavy (non-hydrogen) atoms. The SMILES string of the molecule is CC(C)Sc1ccc(-c2nnc(NC(=O)c3nc4ccccc4o3)o2)cc1. The van der Waals surface area contributed by atoms with E-state index in [0.717, 1.165) is 10.5 Å². The Morgan fingerprint density at radius 1 is 1.04 bits per heavy atom. The van der Waals surface area contributed by atoms with E-state index in [9.17, 15) is 4.79 Å². The molecule has 0 aliphatic carbocycles. The molecular formula is C19H16N4O3S. The average molecular weight is 380 g/mol. The van der Waals surface area contributed by atoms with E-state index in [1.807, 2.05) is 36.4 Å². The minimum absolute atomic E-state index is 0.0158. The molecule has 2 aromatic heterocycles. The topological polar surface area (TPSA) is 94.1 Å². The zero-order valence-electron chi connectivity index (χ0n) is 14.7. The Morgan fingerprint density at radius 2 is 1.81 bits per heavy atom. The standard InChI is InChI=1S/C19H16N4O3S/c1-11(2)27-13-9-7-12(8-10-13)17-22-23-19(26-17)21-16(24)18-20-14-5-3-4-6-15(14)25-18/h3-11H,1-2H3,(H,21,23,24). The number of rotatable bonds is 5. The van der Waals surface area contributed by atoms with E-state index in [1.54, 1.807) is 23.9 Å². The van der Waals surface area contributed by atoms with Crippen molar-refractivity contribution in [3.63, 3.8) is 0 Å². The summed E-state index contributed by atoms with van der Waals surface area (Å²) in [4.78, 5) is 17.6. The van der Waals surface area contributed by atoms with Gasteiger partial charge in [0.15, 0.2) is 5.58 Å². The van der Waals surface area contributed by atoms with Crippen molar-refractivity contribution in [1.82, 2.24) is 15.2 Å². The van der Waals surface area contributed by atoms with Crippen molar-refractivity contribution in [2.75, 3.05) is 5.32 Å². The van der Waals surface area contributed by atoms with Crippen LogP contribution in [0.4, 0.5) is 6.01 Å².